The van der Waals surface area contributed by atoms with E-state index in [9.17, 15) is 0 Å². The van der Waals surface area contributed by atoms with Crippen LogP contribution in [0.4, 0.5) is 0 Å². The molecule has 0 saturated carbocycles. The van der Waals surface area contributed by atoms with Gasteiger partial charge in [-0.15, -0.1) is 0 Å². The lowest BCUT2D eigenvalue weighted by Gasteiger charge is -2.06. The van der Waals surface area contributed by atoms with Gasteiger partial charge >= 0.3 is 0 Å². The minimum absolute atomic E-state index is 0.458. The average molecular weight is 567 g/mol. The Morgan fingerprint density at radius 3 is 1.39 bits per heavy atom. The van der Waals surface area contributed by atoms with Crippen LogP contribution in [0.5, 0.6) is 0 Å². The highest BCUT2D eigenvalue weighted by Crippen LogP contribution is 2.27. The molecule has 3 aromatic rings. The van der Waals surface area contributed by atoms with Gasteiger partial charge in [0.25, 0.3) is 0 Å². The van der Waals surface area contributed by atoms with Crippen molar-refractivity contribution < 1.29 is 0 Å². The van der Waals surface area contributed by atoms with Gasteiger partial charge in [-0.3, -0.25) is 0 Å². The van der Waals surface area contributed by atoms with E-state index >= 15 is 0 Å². The van der Waals surface area contributed by atoms with E-state index in [4.69, 9.17) is 69.6 Å². The van der Waals surface area contributed by atoms with E-state index in [2.05, 4.69) is 41.5 Å². The van der Waals surface area contributed by atoms with Crippen LogP contribution in [0.25, 0.3) is 0 Å². The molecule has 3 aromatic carbocycles. The average Bonchev–Trinajstić information content (AvgIpc) is 2.70. The van der Waals surface area contributed by atoms with Crippen LogP contribution < -0.4 is 0 Å². The maximum Gasteiger partial charge on any atom is 0.0595 e. The summed E-state index contributed by atoms with van der Waals surface area (Å²) in [5.41, 5.74) is 3.55. The monoisotopic (exact) mass is 564 g/mol. The van der Waals surface area contributed by atoms with Gasteiger partial charge in [-0.2, -0.15) is 0 Å². The van der Waals surface area contributed by atoms with Crippen molar-refractivity contribution in [3.05, 3.63) is 101 Å². The molecule has 0 saturated heterocycles. The fraction of sp³-hybridized carbons (Fsp3) is 0.333. The first-order valence-corrected chi connectivity index (χ1v) is 12.9. The van der Waals surface area contributed by atoms with Crippen LogP contribution in [-0.4, -0.2) is 0 Å². The van der Waals surface area contributed by atoms with Gasteiger partial charge < -0.3 is 0 Å². The summed E-state index contributed by atoms with van der Waals surface area (Å²) in [6.45, 7) is 12.7. The highest BCUT2D eigenvalue weighted by Gasteiger charge is 2.04. The molecule has 0 heterocycles. The summed E-state index contributed by atoms with van der Waals surface area (Å²) in [5, 5.41) is 4.13. The van der Waals surface area contributed by atoms with Gasteiger partial charge in [-0.1, -0.05) is 123 Å². The molecular formula is C27H30Cl6. The molecule has 0 aliphatic carbocycles. The van der Waals surface area contributed by atoms with Gasteiger partial charge in [-0.05, 0) is 76.9 Å². The quantitative estimate of drug-likeness (QED) is 0.295. The van der Waals surface area contributed by atoms with Gasteiger partial charge in [0.2, 0.25) is 0 Å². The van der Waals surface area contributed by atoms with Crippen molar-refractivity contribution in [3.8, 4) is 0 Å². The molecule has 33 heavy (non-hydrogen) atoms. The van der Waals surface area contributed by atoms with Crippen molar-refractivity contribution >= 4 is 69.6 Å². The first-order valence-electron chi connectivity index (χ1n) is 10.7. The number of halogens is 6. The highest BCUT2D eigenvalue weighted by atomic mass is 35.5. The lowest BCUT2D eigenvalue weighted by Crippen LogP contribution is -1.87. The van der Waals surface area contributed by atoms with Crippen molar-refractivity contribution in [2.45, 2.75) is 59.3 Å². The third kappa shape index (κ3) is 11.1. The Morgan fingerprint density at radius 2 is 0.970 bits per heavy atom. The zero-order chi connectivity index (χ0) is 25.3. The predicted molar refractivity (Wildman–Crippen MR) is 152 cm³/mol. The summed E-state index contributed by atoms with van der Waals surface area (Å²) in [6, 6.07) is 17.0. The molecule has 0 fully saturated rings. The Bertz CT molecular complexity index is 1000. The summed E-state index contributed by atoms with van der Waals surface area (Å²) >= 11 is 34.9. The summed E-state index contributed by atoms with van der Waals surface area (Å²) in [5.74, 6) is 1.44. The predicted octanol–water partition coefficient (Wildman–Crippen LogP) is 12.4. The zero-order valence-electron chi connectivity index (χ0n) is 19.7. The fourth-order valence-corrected chi connectivity index (χ4v) is 4.23. The van der Waals surface area contributed by atoms with Crippen LogP contribution >= 0.6 is 69.6 Å². The minimum atomic E-state index is 0.458. The van der Waals surface area contributed by atoms with Crippen LogP contribution in [0.1, 0.15) is 76.0 Å². The summed E-state index contributed by atoms with van der Waals surface area (Å²) in [7, 11) is 0. The molecule has 180 valence electrons. The van der Waals surface area contributed by atoms with Crippen LogP contribution in [0.3, 0.4) is 0 Å². The van der Waals surface area contributed by atoms with E-state index in [-0.39, 0.29) is 0 Å². The summed E-state index contributed by atoms with van der Waals surface area (Å²) in [6.07, 6.45) is 0. The number of rotatable bonds is 3. The lowest BCUT2D eigenvalue weighted by molar-refractivity contribution is 0.867. The Labute approximate surface area is 229 Å². The highest BCUT2D eigenvalue weighted by molar-refractivity contribution is 6.42. The van der Waals surface area contributed by atoms with E-state index in [1.165, 1.54) is 11.1 Å². The molecule has 0 spiro atoms. The maximum atomic E-state index is 5.94. The Balaban J connectivity index is 0.000000247. The molecule has 0 bridgehead atoms. The van der Waals surface area contributed by atoms with Gasteiger partial charge in [0.15, 0.2) is 0 Å². The molecule has 0 amide bonds. The van der Waals surface area contributed by atoms with Crippen molar-refractivity contribution in [2.75, 3.05) is 0 Å². The second-order valence-corrected chi connectivity index (χ2v) is 11.0. The lowest BCUT2D eigenvalue weighted by atomic mass is 10.0. The molecular weight excluding hydrogens is 537 g/mol. The Hall–Kier alpha value is -0.600. The molecule has 3 rings (SSSR count). The van der Waals surface area contributed by atoms with Gasteiger partial charge in [0, 0.05) is 20.1 Å². The molecule has 0 aliphatic heterocycles. The Morgan fingerprint density at radius 1 is 0.424 bits per heavy atom. The van der Waals surface area contributed by atoms with E-state index < -0.39 is 0 Å². The van der Waals surface area contributed by atoms with Crippen molar-refractivity contribution in [3.63, 3.8) is 0 Å². The first kappa shape index (κ1) is 30.4. The first-order chi connectivity index (χ1) is 15.3. The molecule has 0 unspecified atom stereocenters. The van der Waals surface area contributed by atoms with Crippen LogP contribution in [0, 0.1) is 0 Å². The van der Waals surface area contributed by atoms with Crippen molar-refractivity contribution in [2.24, 2.45) is 0 Å². The molecule has 0 aliphatic rings. The number of hydrogen-bond donors (Lipinski definition) is 0. The van der Waals surface area contributed by atoms with Crippen LogP contribution in [-0.2, 0) is 0 Å². The van der Waals surface area contributed by atoms with Gasteiger partial charge in [0.1, 0.15) is 0 Å². The normalized spacial score (nSPS) is 10.6. The second-order valence-electron chi connectivity index (χ2n) is 8.51. The third-order valence-electron chi connectivity index (χ3n) is 4.75. The van der Waals surface area contributed by atoms with Gasteiger partial charge in [0.05, 0.1) is 10.0 Å². The largest absolute Gasteiger partial charge is 0.0843 e. The molecule has 6 heteroatoms. The summed E-state index contributed by atoms with van der Waals surface area (Å²) < 4.78 is 0. The minimum Gasteiger partial charge on any atom is -0.0843 e. The molecule has 0 N–H and O–H groups in total. The molecule has 0 nitrogen and oxygen atoms in total. The van der Waals surface area contributed by atoms with Crippen molar-refractivity contribution in [1.29, 1.82) is 0 Å². The fourth-order valence-electron chi connectivity index (χ4n) is 2.75. The molecule has 0 atom stereocenters. The molecule has 0 radical (unpaired) electrons. The van der Waals surface area contributed by atoms with E-state index in [0.29, 0.717) is 42.9 Å². The van der Waals surface area contributed by atoms with E-state index in [0.717, 1.165) is 10.6 Å². The van der Waals surface area contributed by atoms with E-state index in [1.54, 1.807) is 12.1 Å². The second kappa shape index (κ2) is 14.7. The van der Waals surface area contributed by atoms with Crippen LogP contribution in [0.2, 0.25) is 30.1 Å². The van der Waals surface area contributed by atoms with Crippen LogP contribution in [0.15, 0.2) is 54.6 Å². The number of hydrogen-bond acceptors (Lipinski definition) is 0. The Kier molecular flexibility index (Phi) is 13.6. The van der Waals surface area contributed by atoms with Gasteiger partial charge in [-0.25, -0.2) is 0 Å². The zero-order valence-corrected chi connectivity index (χ0v) is 24.2. The van der Waals surface area contributed by atoms with E-state index in [1.807, 2.05) is 42.5 Å². The smallest absolute Gasteiger partial charge is 0.0595 e. The standard InChI is InChI=1S/3C9H10Cl2/c1-6(2)7-3-8(10)5-9(11)4-7;1-6(2)8-4-3-7(10)5-9(8)11;1-6(2)7-3-4-8(10)9(11)5-7/h3*3-6H,1-2H3. The number of benzene rings is 3. The topological polar surface area (TPSA) is 0 Å². The molecule has 0 aromatic heterocycles. The maximum absolute atomic E-state index is 5.94. The SMILES string of the molecule is CC(C)c1cc(Cl)cc(Cl)c1.CC(C)c1ccc(Cl)c(Cl)c1.CC(C)c1ccc(Cl)cc1Cl. The summed E-state index contributed by atoms with van der Waals surface area (Å²) in [4.78, 5) is 0. The van der Waals surface area contributed by atoms with Crippen molar-refractivity contribution in [1.82, 2.24) is 0 Å². The third-order valence-corrected chi connectivity index (χ3v) is 6.48.